The third-order valence-corrected chi connectivity index (χ3v) is 10.0. The Hall–Kier alpha value is -0.130. The molecule has 4 nitrogen and oxygen atoms in total. The summed E-state index contributed by atoms with van der Waals surface area (Å²) >= 11 is 0. The van der Waals surface area contributed by atoms with Gasteiger partial charge in [0.15, 0.2) is 0 Å². The van der Waals surface area contributed by atoms with E-state index in [1.54, 1.807) is 0 Å². The van der Waals surface area contributed by atoms with E-state index >= 15 is 0 Å². The molecule has 0 aliphatic rings. The standard InChI is InChI=1S/C36H75NO3S/c1-4-7-10-13-16-19-22-25-28-32-37(35-31-36-41(38,39)40,33-29-26-23-20-17-14-11-8-5-2)34-30-27-24-21-18-15-12-9-6-3/h4-36H2,1-3H3/p+1. The van der Waals surface area contributed by atoms with E-state index in [2.05, 4.69) is 20.8 Å². The first-order valence-corrected chi connectivity index (χ1v) is 20.3. The molecule has 41 heavy (non-hydrogen) atoms. The van der Waals surface area contributed by atoms with Gasteiger partial charge in [-0.05, 0) is 38.5 Å². The van der Waals surface area contributed by atoms with Crippen molar-refractivity contribution in [1.29, 1.82) is 0 Å². The van der Waals surface area contributed by atoms with E-state index in [4.69, 9.17) is 0 Å². The minimum absolute atomic E-state index is 0.0831. The van der Waals surface area contributed by atoms with Crippen molar-refractivity contribution in [2.45, 2.75) is 201 Å². The fourth-order valence-electron chi connectivity index (χ4n) is 6.53. The molecule has 0 saturated heterocycles. The van der Waals surface area contributed by atoms with Crippen LogP contribution in [-0.2, 0) is 10.1 Å². The van der Waals surface area contributed by atoms with Crippen molar-refractivity contribution in [2.75, 3.05) is 31.9 Å². The van der Waals surface area contributed by atoms with Crippen molar-refractivity contribution < 1.29 is 17.5 Å². The van der Waals surface area contributed by atoms with E-state index in [1.807, 2.05) is 0 Å². The lowest BCUT2D eigenvalue weighted by atomic mass is 10.0. The van der Waals surface area contributed by atoms with Gasteiger partial charge in [-0.25, -0.2) is 0 Å². The summed E-state index contributed by atoms with van der Waals surface area (Å²) in [5, 5.41) is 0. The number of unbranched alkanes of at least 4 members (excludes halogenated alkanes) is 24. The van der Waals surface area contributed by atoms with E-state index < -0.39 is 10.1 Å². The molecule has 0 unspecified atom stereocenters. The number of hydrogen-bond acceptors (Lipinski definition) is 2. The zero-order valence-electron chi connectivity index (χ0n) is 28.5. The van der Waals surface area contributed by atoms with Crippen LogP contribution in [0.5, 0.6) is 0 Å². The third-order valence-electron chi connectivity index (χ3n) is 9.24. The van der Waals surface area contributed by atoms with Gasteiger partial charge in [0.25, 0.3) is 10.1 Å². The molecule has 0 aliphatic heterocycles. The average Bonchev–Trinajstić information content (AvgIpc) is 2.94. The van der Waals surface area contributed by atoms with Crippen LogP contribution in [0.1, 0.15) is 201 Å². The maximum atomic E-state index is 11.5. The normalized spacial score (nSPS) is 12.4. The van der Waals surface area contributed by atoms with Gasteiger partial charge in [0.05, 0.1) is 31.9 Å². The number of quaternary nitrogens is 1. The Morgan fingerprint density at radius 1 is 0.366 bits per heavy atom. The summed E-state index contributed by atoms with van der Waals surface area (Å²) in [6.07, 6.45) is 37.0. The molecule has 1 N–H and O–H groups in total. The molecule has 0 aromatic carbocycles. The Bertz CT molecular complexity index is 567. The summed E-state index contributed by atoms with van der Waals surface area (Å²) in [7, 11) is -3.88. The predicted molar refractivity (Wildman–Crippen MR) is 182 cm³/mol. The number of hydrogen-bond donors (Lipinski definition) is 1. The maximum absolute atomic E-state index is 11.5. The summed E-state index contributed by atoms with van der Waals surface area (Å²) in [4.78, 5) is 0. The molecule has 0 saturated carbocycles. The predicted octanol–water partition coefficient (Wildman–Crippen LogP) is 11.7. The van der Waals surface area contributed by atoms with Crippen LogP contribution in [0.4, 0.5) is 0 Å². The maximum Gasteiger partial charge on any atom is 0.265 e. The molecule has 0 atom stereocenters. The molecule has 5 heteroatoms. The Morgan fingerprint density at radius 3 is 0.829 bits per heavy atom. The quantitative estimate of drug-likeness (QED) is 0.0453. The van der Waals surface area contributed by atoms with Gasteiger partial charge in [0, 0.05) is 6.42 Å². The Labute approximate surface area is 259 Å². The molecule has 0 fully saturated rings. The van der Waals surface area contributed by atoms with Gasteiger partial charge >= 0.3 is 0 Å². The summed E-state index contributed by atoms with van der Waals surface area (Å²) < 4.78 is 33.6. The van der Waals surface area contributed by atoms with E-state index in [9.17, 15) is 13.0 Å². The van der Waals surface area contributed by atoms with Gasteiger partial charge in [0.1, 0.15) is 0 Å². The molecule has 0 spiro atoms. The molecule has 0 bridgehead atoms. The van der Waals surface area contributed by atoms with Gasteiger partial charge in [-0.1, -0.05) is 156 Å². The molecule has 248 valence electrons. The molecule has 0 amide bonds. The van der Waals surface area contributed by atoms with Crippen molar-refractivity contribution in [1.82, 2.24) is 0 Å². The monoisotopic (exact) mass is 603 g/mol. The first-order valence-electron chi connectivity index (χ1n) is 18.7. The van der Waals surface area contributed by atoms with Gasteiger partial charge in [-0.2, -0.15) is 8.42 Å². The second-order valence-electron chi connectivity index (χ2n) is 13.4. The van der Waals surface area contributed by atoms with Crippen LogP contribution < -0.4 is 0 Å². The van der Waals surface area contributed by atoms with Crippen LogP contribution in [-0.4, -0.2) is 49.4 Å². The average molecular weight is 603 g/mol. The molecular formula is C36H76NO3S+. The van der Waals surface area contributed by atoms with Crippen molar-refractivity contribution in [3.63, 3.8) is 0 Å². The van der Waals surface area contributed by atoms with Crippen LogP contribution in [0.25, 0.3) is 0 Å². The second kappa shape index (κ2) is 29.9. The highest BCUT2D eigenvalue weighted by molar-refractivity contribution is 7.85. The lowest BCUT2D eigenvalue weighted by Gasteiger charge is -2.39. The lowest BCUT2D eigenvalue weighted by Crippen LogP contribution is -2.51. The van der Waals surface area contributed by atoms with E-state index in [-0.39, 0.29) is 5.75 Å². The van der Waals surface area contributed by atoms with Gasteiger partial charge in [0.2, 0.25) is 0 Å². The highest BCUT2D eigenvalue weighted by atomic mass is 32.2. The minimum atomic E-state index is -3.88. The number of nitrogens with zero attached hydrogens (tertiary/aromatic N) is 1. The Morgan fingerprint density at radius 2 is 0.585 bits per heavy atom. The molecule has 0 aromatic rings. The molecule has 0 radical (unpaired) electrons. The SMILES string of the molecule is CCCCCCCCCCC[N+](CCCCCCCCCCC)(CCCCCCCCCCC)CCCS(=O)(=O)O. The zero-order chi connectivity index (χ0) is 30.3. The molecule has 0 heterocycles. The van der Waals surface area contributed by atoms with Crippen molar-refractivity contribution in [3.05, 3.63) is 0 Å². The highest BCUT2D eigenvalue weighted by Gasteiger charge is 2.26. The summed E-state index contributed by atoms with van der Waals surface area (Å²) in [6.45, 7) is 11.3. The van der Waals surface area contributed by atoms with E-state index in [1.165, 1.54) is 193 Å². The van der Waals surface area contributed by atoms with Crippen LogP contribution in [0, 0.1) is 0 Å². The first kappa shape index (κ1) is 40.9. The highest BCUT2D eigenvalue weighted by Crippen LogP contribution is 2.20. The Balaban J connectivity index is 4.82. The van der Waals surface area contributed by atoms with Crippen LogP contribution in [0.2, 0.25) is 0 Å². The largest absolute Gasteiger partial charge is 0.324 e. The zero-order valence-corrected chi connectivity index (χ0v) is 29.3. The molecule has 0 aliphatic carbocycles. The minimum Gasteiger partial charge on any atom is -0.324 e. The van der Waals surface area contributed by atoms with Crippen LogP contribution in [0.15, 0.2) is 0 Å². The molecule has 0 aromatic heterocycles. The smallest absolute Gasteiger partial charge is 0.265 e. The fraction of sp³-hybridized carbons (Fsp3) is 1.00. The van der Waals surface area contributed by atoms with Crippen LogP contribution >= 0.6 is 0 Å². The molecular weight excluding hydrogens is 526 g/mol. The van der Waals surface area contributed by atoms with Gasteiger partial charge in [-0.15, -0.1) is 0 Å². The van der Waals surface area contributed by atoms with Crippen molar-refractivity contribution in [2.24, 2.45) is 0 Å². The lowest BCUT2D eigenvalue weighted by molar-refractivity contribution is -0.928. The fourth-order valence-corrected chi connectivity index (χ4v) is 7.02. The summed E-state index contributed by atoms with van der Waals surface area (Å²) in [5.74, 6) is -0.0831. The second-order valence-corrected chi connectivity index (χ2v) is 14.9. The van der Waals surface area contributed by atoms with Gasteiger partial charge < -0.3 is 4.48 Å². The summed E-state index contributed by atoms with van der Waals surface area (Å²) in [6, 6.07) is 0. The van der Waals surface area contributed by atoms with E-state index in [0.717, 1.165) is 11.0 Å². The summed E-state index contributed by atoms with van der Waals surface area (Å²) in [5.41, 5.74) is 0. The van der Waals surface area contributed by atoms with Crippen molar-refractivity contribution in [3.8, 4) is 0 Å². The third kappa shape index (κ3) is 29.7. The van der Waals surface area contributed by atoms with Crippen molar-refractivity contribution >= 4 is 10.1 Å². The van der Waals surface area contributed by atoms with Gasteiger partial charge in [-0.3, -0.25) is 4.55 Å². The number of rotatable bonds is 34. The molecule has 0 rings (SSSR count). The Kier molecular flexibility index (Phi) is 29.8. The first-order chi connectivity index (χ1) is 19.9. The van der Waals surface area contributed by atoms with E-state index in [0.29, 0.717) is 6.42 Å². The topological polar surface area (TPSA) is 54.4 Å². The van der Waals surface area contributed by atoms with Crippen LogP contribution in [0.3, 0.4) is 0 Å².